The lowest BCUT2D eigenvalue weighted by Crippen LogP contribution is -2.31. The van der Waals surface area contributed by atoms with Crippen LogP contribution in [0.2, 0.25) is 0 Å². The van der Waals surface area contributed by atoms with Crippen LogP contribution < -0.4 is 4.72 Å². The smallest absolute Gasteiger partial charge is 0.240 e. The van der Waals surface area contributed by atoms with Crippen LogP contribution in [0.3, 0.4) is 0 Å². The SMILES string of the molecule is O=S(=O)(NC[C@H](c1ccco1)S(=O)(=O)c1ccc(F)cc1)c1ccc(Br)cc1. The molecular formula is C18H15BrFNO5S2. The molecule has 28 heavy (non-hydrogen) atoms. The summed E-state index contributed by atoms with van der Waals surface area (Å²) in [7, 11) is -8.00. The van der Waals surface area contributed by atoms with Crippen LogP contribution in [0, 0.1) is 5.82 Å². The van der Waals surface area contributed by atoms with Gasteiger partial charge in [-0.15, -0.1) is 0 Å². The Bertz CT molecular complexity index is 1140. The van der Waals surface area contributed by atoms with Crippen LogP contribution in [-0.2, 0) is 19.9 Å². The van der Waals surface area contributed by atoms with Gasteiger partial charge < -0.3 is 4.42 Å². The molecule has 0 bridgehead atoms. The summed E-state index contributed by atoms with van der Waals surface area (Å²) in [5.41, 5.74) is 0. The van der Waals surface area contributed by atoms with Crippen molar-refractivity contribution in [2.24, 2.45) is 0 Å². The van der Waals surface area contributed by atoms with Gasteiger partial charge in [-0.3, -0.25) is 0 Å². The Morgan fingerprint density at radius 1 is 0.929 bits per heavy atom. The average Bonchev–Trinajstić information content (AvgIpc) is 3.16. The van der Waals surface area contributed by atoms with E-state index in [1.54, 1.807) is 12.1 Å². The van der Waals surface area contributed by atoms with E-state index in [-0.39, 0.29) is 15.6 Å². The predicted molar refractivity (Wildman–Crippen MR) is 104 cm³/mol. The fourth-order valence-corrected chi connectivity index (χ4v) is 5.51. The molecule has 0 fully saturated rings. The molecule has 2 aromatic carbocycles. The molecule has 0 aliphatic rings. The third kappa shape index (κ3) is 4.52. The zero-order valence-electron chi connectivity index (χ0n) is 14.2. The molecule has 1 N–H and O–H groups in total. The predicted octanol–water partition coefficient (Wildman–Crippen LogP) is 3.67. The van der Waals surface area contributed by atoms with E-state index in [1.807, 2.05) is 0 Å². The van der Waals surface area contributed by atoms with Gasteiger partial charge in [0.2, 0.25) is 10.0 Å². The highest BCUT2D eigenvalue weighted by Crippen LogP contribution is 2.29. The molecule has 0 saturated carbocycles. The summed E-state index contributed by atoms with van der Waals surface area (Å²) in [6.45, 7) is -0.453. The monoisotopic (exact) mass is 487 g/mol. The third-order valence-corrected chi connectivity index (χ3v) is 8.01. The number of halogens is 2. The van der Waals surface area contributed by atoms with Crippen LogP contribution in [0.15, 0.2) is 85.6 Å². The first-order valence-corrected chi connectivity index (χ1v) is 11.8. The van der Waals surface area contributed by atoms with Crippen LogP contribution in [0.4, 0.5) is 4.39 Å². The van der Waals surface area contributed by atoms with E-state index in [1.165, 1.54) is 30.5 Å². The highest BCUT2D eigenvalue weighted by molar-refractivity contribution is 9.10. The van der Waals surface area contributed by atoms with Crippen LogP contribution >= 0.6 is 15.9 Å². The van der Waals surface area contributed by atoms with Crippen molar-refractivity contribution < 1.29 is 25.6 Å². The molecule has 0 unspecified atom stereocenters. The molecule has 1 heterocycles. The molecule has 0 spiro atoms. The quantitative estimate of drug-likeness (QED) is 0.513. The second-order valence-electron chi connectivity index (χ2n) is 5.81. The van der Waals surface area contributed by atoms with E-state index in [0.29, 0.717) is 4.47 Å². The van der Waals surface area contributed by atoms with Gasteiger partial charge in [0.05, 0.1) is 16.1 Å². The van der Waals surface area contributed by atoms with Gasteiger partial charge in [0.15, 0.2) is 9.84 Å². The Balaban J connectivity index is 1.91. The molecule has 3 rings (SSSR count). The minimum atomic E-state index is -4.05. The topological polar surface area (TPSA) is 93.4 Å². The maximum atomic E-state index is 13.2. The Morgan fingerprint density at radius 3 is 2.11 bits per heavy atom. The molecule has 0 aliphatic carbocycles. The van der Waals surface area contributed by atoms with E-state index < -0.39 is 37.5 Å². The molecular weight excluding hydrogens is 473 g/mol. The van der Waals surface area contributed by atoms with Crippen molar-refractivity contribution in [2.75, 3.05) is 6.54 Å². The fourth-order valence-electron chi connectivity index (χ4n) is 2.51. The first-order valence-electron chi connectivity index (χ1n) is 7.98. The molecule has 0 amide bonds. The molecule has 3 aromatic rings. The highest BCUT2D eigenvalue weighted by Gasteiger charge is 2.33. The first kappa shape index (κ1) is 20.7. The van der Waals surface area contributed by atoms with Crippen molar-refractivity contribution in [3.63, 3.8) is 0 Å². The summed E-state index contributed by atoms with van der Waals surface area (Å²) < 4.78 is 72.5. The highest BCUT2D eigenvalue weighted by atomic mass is 79.9. The lowest BCUT2D eigenvalue weighted by atomic mass is 10.3. The van der Waals surface area contributed by atoms with Gasteiger partial charge in [-0.25, -0.2) is 25.9 Å². The van der Waals surface area contributed by atoms with Gasteiger partial charge in [0.1, 0.15) is 16.8 Å². The second-order valence-corrected chi connectivity index (χ2v) is 10.6. The standard InChI is InChI=1S/C18H15BrFNO5S2/c19-13-3-7-16(8-4-13)28(24,25)21-12-18(17-2-1-11-26-17)27(22,23)15-9-5-14(20)6-10-15/h1-11,18,21H,12H2/t18-/m1/s1. The van der Waals surface area contributed by atoms with Crippen LogP contribution in [0.25, 0.3) is 0 Å². The van der Waals surface area contributed by atoms with Crippen molar-refractivity contribution in [1.82, 2.24) is 4.72 Å². The van der Waals surface area contributed by atoms with Crippen LogP contribution in [0.1, 0.15) is 11.0 Å². The van der Waals surface area contributed by atoms with Crippen LogP contribution in [0.5, 0.6) is 0 Å². The zero-order valence-corrected chi connectivity index (χ0v) is 17.5. The van der Waals surface area contributed by atoms with E-state index in [2.05, 4.69) is 20.7 Å². The summed E-state index contributed by atoms with van der Waals surface area (Å²) in [6, 6.07) is 13.2. The Labute approximate surface area is 170 Å². The lowest BCUT2D eigenvalue weighted by Gasteiger charge is -2.17. The Hall–Kier alpha value is -2.01. The lowest BCUT2D eigenvalue weighted by molar-refractivity contribution is 0.486. The molecule has 10 heteroatoms. The number of sulfonamides is 1. The normalized spacial score (nSPS) is 13.4. The molecule has 148 valence electrons. The number of rotatable bonds is 7. The summed E-state index contributed by atoms with van der Waals surface area (Å²) >= 11 is 3.22. The number of benzene rings is 2. The van der Waals surface area contributed by atoms with Crippen molar-refractivity contribution in [3.05, 3.63) is 83.0 Å². The van der Waals surface area contributed by atoms with Gasteiger partial charge in [-0.1, -0.05) is 15.9 Å². The summed E-state index contributed by atoms with van der Waals surface area (Å²) in [4.78, 5) is -0.147. The van der Waals surface area contributed by atoms with E-state index in [9.17, 15) is 21.2 Å². The Kier molecular flexibility index (Phi) is 6.04. The first-order chi connectivity index (χ1) is 13.2. The fraction of sp³-hybridized carbons (Fsp3) is 0.111. The van der Waals surface area contributed by atoms with Crippen molar-refractivity contribution >= 4 is 35.8 Å². The number of nitrogens with one attached hydrogen (secondary N) is 1. The number of hydrogen-bond donors (Lipinski definition) is 1. The van der Waals surface area contributed by atoms with Gasteiger partial charge in [0.25, 0.3) is 0 Å². The molecule has 0 radical (unpaired) electrons. The van der Waals surface area contributed by atoms with Crippen molar-refractivity contribution in [2.45, 2.75) is 15.0 Å². The summed E-state index contributed by atoms with van der Waals surface area (Å²) in [5, 5.41) is -1.32. The van der Waals surface area contributed by atoms with Gasteiger partial charge in [-0.2, -0.15) is 0 Å². The number of hydrogen-bond acceptors (Lipinski definition) is 5. The third-order valence-electron chi connectivity index (χ3n) is 3.96. The molecule has 0 saturated heterocycles. The van der Waals surface area contributed by atoms with Crippen molar-refractivity contribution in [1.29, 1.82) is 0 Å². The average molecular weight is 488 g/mol. The maximum absolute atomic E-state index is 13.2. The minimum Gasteiger partial charge on any atom is -0.468 e. The largest absolute Gasteiger partial charge is 0.468 e. The van der Waals surface area contributed by atoms with Crippen molar-refractivity contribution in [3.8, 4) is 0 Å². The zero-order chi connectivity index (χ0) is 20.4. The molecule has 0 aliphatic heterocycles. The van der Waals surface area contributed by atoms with Gasteiger partial charge >= 0.3 is 0 Å². The minimum absolute atomic E-state index is 0.00641. The van der Waals surface area contributed by atoms with E-state index >= 15 is 0 Å². The summed E-state index contributed by atoms with van der Waals surface area (Å²) in [5.74, 6) is -0.507. The molecule has 1 aromatic heterocycles. The van der Waals surface area contributed by atoms with Gasteiger partial charge in [-0.05, 0) is 60.7 Å². The van der Waals surface area contributed by atoms with Crippen LogP contribution in [-0.4, -0.2) is 23.4 Å². The Morgan fingerprint density at radius 2 is 1.54 bits per heavy atom. The number of furan rings is 1. The van der Waals surface area contributed by atoms with Gasteiger partial charge in [0, 0.05) is 11.0 Å². The molecule has 1 atom stereocenters. The molecule has 6 nitrogen and oxygen atoms in total. The summed E-state index contributed by atoms with van der Waals surface area (Å²) in [6.07, 6.45) is 1.30. The number of sulfone groups is 1. The van der Waals surface area contributed by atoms with E-state index in [0.717, 1.165) is 24.3 Å². The van der Waals surface area contributed by atoms with E-state index in [4.69, 9.17) is 4.42 Å². The second kappa shape index (κ2) is 8.16. The maximum Gasteiger partial charge on any atom is 0.240 e.